The molecule has 1 aromatic heterocycles. The van der Waals surface area contributed by atoms with Crippen molar-refractivity contribution in [2.24, 2.45) is 5.92 Å². The van der Waals surface area contributed by atoms with Gasteiger partial charge in [0, 0.05) is 24.6 Å². The molecule has 124 valence electrons. The van der Waals surface area contributed by atoms with Crippen molar-refractivity contribution >= 4 is 17.4 Å². The fourth-order valence-electron chi connectivity index (χ4n) is 2.77. The van der Waals surface area contributed by atoms with Crippen LogP contribution in [0.4, 0.5) is 5.69 Å². The number of aromatic nitrogens is 1. The van der Waals surface area contributed by atoms with Gasteiger partial charge in [-0.05, 0) is 36.0 Å². The van der Waals surface area contributed by atoms with Crippen LogP contribution in [-0.2, 0) is 4.79 Å². The molecule has 1 aliphatic rings. The molecule has 1 heterocycles. The molecule has 4 heteroatoms. The highest BCUT2D eigenvalue weighted by molar-refractivity contribution is 6.04. The predicted molar refractivity (Wildman–Crippen MR) is 95.1 cm³/mol. The van der Waals surface area contributed by atoms with Crippen molar-refractivity contribution in [3.63, 3.8) is 0 Å². The number of nitrogens with one attached hydrogen (secondary N) is 1. The molecule has 3 rings (SSSR count). The summed E-state index contributed by atoms with van der Waals surface area (Å²) in [5, 5.41) is 2.75. The highest BCUT2D eigenvalue weighted by atomic mass is 16.1. The van der Waals surface area contributed by atoms with Gasteiger partial charge in [-0.2, -0.15) is 0 Å². The standard InChI is InChI=1S/C20H22N2O2/c1-12(2)20(24)19-18(22-13(3)23)10-17(11-21-19)16-6-4-5-15(9-16)14-7-8-14/h4-6,9-12,14H,7-8H2,1-3H3,(H,22,23). The van der Waals surface area contributed by atoms with E-state index < -0.39 is 0 Å². The summed E-state index contributed by atoms with van der Waals surface area (Å²) in [6.45, 7) is 5.09. The van der Waals surface area contributed by atoms with Crippen LogP contribution < -0.4 is 5.32 Å². The number of pyridine rings is 1. The first-order valence-corrected chi connectivity index (χ1v) is 8.38. The van der Waals surface area contributed by atoms with E-state index in [1.807, 2.05) is 32.0 Å². The van der Waals surface area contributed by atoms with E-state index in [-0.39, 0.29) is 17.6 Å². The molecule has 0 saturated heterocycles. The van der Waals surface area contributed by atoms with Gasteiger partial charge in [0.25, 0.3) is 0 Å². The molecule has 24 heavy (non-hydrogen) atoms. The van der Waals surface area contributed by atoms with Gasteiger partial charge in [-0.25, -0.2) is 0 Å². The van der Waals surface area contributed by atoms with Gasteiger partial charge in [0.15, 0.2) is 5.78 Å². The van der Waals surface area contributed by atoms with E-state index in [1.54, 1.807) is 6.20 Å². The van der Waals surface area contributed by atoms with Gasteiger partial charge < -0.3 is 5.32 Å². The minimum Gasteiger partial charge on any atom is -0.324 e. The number of amides is 1. The SMILES string of the molecule is CC(=O)Nc1cc(-c2cccc(C3CC3)c2)cnc1C(=O)C(C)C. The third-order valence-electron chi connectivity index (χ3n) is 4.22. The normalized spacial score (nSPS) is 13.8. The Kier molecular flexibility index (Phi) is 4.47. The lowest BCUT2D eigenvalue weighted by molar-refractivity contribution is -0.114. The van der Waals surface area contributed by atoms with Crippen LogP contribution in [0.15, 0.2) is 36.5 Å². The molecule has 2 aromatic rings. The van der Waals surface area contributed by atoms with Crippen LogP contribution in [0.3, 0.4) is 0 Å². The molecule has 0 spiro atoms. The van der Waals surface area contributed by atoms with Gasteiger partial charge in [0.2, 0.25) is 5.91 Å². The number of ketones is 1. The van der Waals surface area contributed by atoms with Crippen molar-refractivity contribution in [1.29, 1.82) is 0 Å². The Morgan fingerprint density at radius 1 is 1.17 bits per heavy atom. The molecule has 0 bridgehead atoms. The minimum absolute atomic E-state index is 0.0722. The van der Waals surface area contributed by atoms with Crippen molar-refractivity contribution in [2.45, 2.75) is 39.5 Å². The maximum Gasteiger partial charge on any atom is 0.221 e. The number of hydrogen-bond donors (Lipinski definition) is 1. The van der Waals surface area contributed by atoms with Gasteiger partial charge >= 0.3 is 0 Å². The first-order chi connectivity index (χ1) is 11.5. The number of nitrogens with zero attached hydrogens (tertiary/aromatic N) is 1. The zero-order valence-electron chi connectivity index (χ0n) is 14.3. The quantitative estimate of drug-likeness (QED) is 0.829. The molecule has 0 radical (unpaired) electrons. The number of carbonyl (C=O) groups is 2. The molecule has 0 aliphatic heterocycles. The van der Waals surface area contributed by atoms with Crippen LogP contribution in [0.25, 0.3) is 11.1 Å². The maximum atomic E-state index is 12.3. The average molecular weight is 322 g/mol. The lowest BCUT2D eigenvalue weighted by Gasteiger charge is -2.13. The Morgan fingerprint density at radius 3 is 2.54 bits per heavy atom. The molecule has 1 saturated carbocycles. The zero-order valence-corrected chi connectivity index (χ0v) is 14.3. The van der Waals surface area contributed by atoms with Gasteiger partial charge in [-0.1, -0.05) is 38.1 Å². The number of carbonyl (C=O) groups excluding carboxylic acids is 2. The van der Waals surface area contributed by atoms with E-state index in [0.717, 1.165) is 11.1 Å². The molecule has 0 atom stereocenters. The smallest absolute Gasteiger partial charge is 0.221 e. The molecule has 1 fully saturated rings. The summed E-state index contributed by atoms with van der Waals surface area (Å²) in [6.07, 6.45) is 4.22. The highest BCUT2D eigenvalue weighted by Gasteiger charge is 2.24. The molecule has 0 unspecified atom stereocenters. The lowest BCUT2D eigenvalue weighted by atomic mass is 9.99. The van der Waals surface area contributed by atoms with Crippen LogP contribution in [0.2, 0.25) is 0 Å². The van der Waals surface area contributed by atoms with Gasteiger partial charge in [0.05, 0.1) is 5.69 Å². The van der Waals surface area contributed by atoms with Crippen LogP contribution in [0, 0.1) is 5.92 Å². The summed E-state index contributed by atoms with van der Waals surface area (Å²) in [5.74, 6) is 0.221. The monoisotopic (exact) mass is 322 g/mol. The van der Waals surface area contributed by atoms with E-state index in [9.17, 15) is 9.59 Å². The Hall–Kier alpha value is -2.49. The van der Waals surface area contributed by atoms with Gasteiger partial charge in [-0.15, -0.1) is 0 Å². The van der Waals surface area contributed by atoms with Crippen molar-refractivity contribution in [3.8, 4) is 11.1 Å². The molecular formula is C20H22N2O2. The minimum atomic E-state index is -0.210. The van der Waals surface area contributed by atoms with Gasteiger partial charge in [-0.3, -0.25) is 14.6 Å². The number of anilines is 1. The summed E-state index contributed by atoms with van der Waals surface area (Å²) in [7, 11) is 0. The van der Waals surface area contributed by atoms with Crippen molar-refractivity contribution in [2.75, 3.05) is 5.32 Å². The van der Waals surface area contributed by atoms with E-state index >= 15 is 0 Å². The van der Waals surface area contributed by atoms with E-state index in [2.05, 4.69) is 22.4 Å². The molecule has 1 aliphatic carbocycles. The highest BCUT2D eigenvalue weighted by Crippen LogP contribution is 2.41. The van der Waals surface area contributed by atoms with Gasteiger partial charge in [0.1, 0.15) is 5.69 Å². The van der Waals surface area contributed by atoms with Crippen molar-refractivity contribution in [3.05, 3.63) is 47.8 Å². The van der Waals surface area contributed by atoms with Crippen LogP contribution >= 0.6 is 0 Å². The summed E-state index contributed by atoms with van der Waals surface area (Å²) < 4.78 is 0. The number of Topliss-reactive ketones (excluding diaryl/α,β-unsaturated/α-hetero) is 1. The second-order valence-corrected chi connectivity index (χ2v) is 6.72. The van der Waals surface area contributed by atoms with E-state index in [0.29, 0.717) is 17.3 Å². The molecule has 1 N–H and O–H groups in total. The maximum absolute atomic E-state index is 12.3. The Morgan fingerprint density at radius 2 is 1.92 bits per heavy atom. The fourth-order valence-corrected chi connectivity index (χ4v) is 2.77. The number of hydrogen-bond acceptors (Lipinski definition) is 3. The van der Waals surface area contributed by atoms with Crippen LogP contribution in [-0.4, -0.2) is 16.7 Å². The Labute approximate surface area is 142 Å². The zero-order chi connectivity index (χ0) is 17.3. The van der Waals surface area contributed by atoms with Crippen molar-refractivity contribution in [1.82, 2.24) is 4.98 Å². The first kappa shape index (κ1) is 16.4. The van der Waals surface area contributed by atoms with E-state index in [1.165, 1.54) is 25.3 Å². The van der Waals surface area contributed by atoms with Crippen molar-refractivity contribution < 1.29 is 9.59 Å². The topological polar surface area (TPSA) is 59.1 Å². The Bertz CT molecular complexity index is 792. The summed E-state index contributed by atoms with van der Waals surface area (Å²) >= 11 is 0. The fraction of sp³-hybridized carbons (Fsp3) is 0.350. The predicted octanol–water partition coefficient (Wildman–Crippen LogP) is 4.42. The molecule has 4 nitrogen and oxygen atoms in total. The lowest BCUT2D eigenvalue weighted by Crippen LogP contribution is -2.16. The van der Waals surface area contributed by atoms with E-state index in [4.69, 9.17) is 0 Å². The second-order valence-electron chi connectivity index (χ2n) is 6.72. The third-order valence-corrected chi connectivity index (χ3v) is 4.22. The third kappa shape index (κ3) is 3.53. The summed E-state index contributed by atoms with van der Waals surface area (Å²) in [4.78, 5) is 28.2. The first-order valence-electron chi connectivity index (χ1n) is 8.38. The second kappa shape index (κ2) is 6.56. The number of benzene rings is 1. The molecular weight excluding hydrogens is 300 g/mol. The van der Waals surface area contributed by atoms with Crippen LogP contribution in [0.5, 0.6) is 0 Å². The molecule has 1 amide bonds. The Balaban J connectivity index is 2.01. The molecule has 1 aromatic carbocycles. The summed E-state index contributed by atoms with van der Waals surface area (Å²) in [6, 6.07) is 10.3. The van der Waals surface area contributed by atoms with Crippen LogP contribution in [0.1, 0.15) is 55.6 Å². The largest absolute Gasteiger partial charge is 0.324 e. The average Bonchev–Trinajstić information content (AvgIpc) is 3.38. The summed E-state index contributed by atoms with van der Waals surface area (Å²) in [5.41, 5.74) is 4.11. The number of rotatable bonds is 5.